The number of urea groups is 1. The predicted octanol–water partition coefficient (Wildman–Crippen LogP) is 2.63. The van der Waals surface area contributed by atoms with Gasteiger partial charge in [0.15, 0.2) is 0 Å². The first-order chi connectivity index (χ1) is 13.5. The zero-order valence-electron chi connectivity index (χ0n) is 16.0. The summed E-state index contributed by atoms with van der Waals surface area (Å²) in [5.41, 5.74) is 1.72. The first-order valence-corrected chi connectivity index (χ1v) is 9.33. The smallest absolute Gasteiger partial charge is 0.321 e. The first kappa shape index (κ1) is 19.8. The number of para-hydroxylation sites is 1. The van der Waals surface area contributed by atoms with Gasteiger partial charge in [-0.25, -0.2) is 9.18 Å². The van der Waals surface area contributed by atoms with Gasteiger partial charge in [-0.3, -0.25) is 9.69 Å². The lowest BCUT2D eigenvalue weighted by Crippen LogP contribution is -2.53. The van der Waals surface area contributed by atoms with Gasteiger partial charge in [-0.1, -0.05) is 30.3 Å². The quantitative estimate of drug-likeness (QED) is 0.862. The normalized spacial score (nSPS) is 14.2. The number of likely N-dealkylation sites (N-methyl/N-ethyl adjacent to an activating group) is 1. The van der Waals surface area contributed by atoms with Crippen molar-refractivity contribution < 1.29 is 14.0 Å². The van der Waals surface area contributed by atoms with E-state index in [1.54, 1.807) is 21.9 Å². The first-order valence-electron chi connectivity index (χ1n) is 9.33. The zero-order valence-corrected chi connectivity index (χ0v) is 16.0. The topological polar surface area (TPSA) is 55.9 Å². The average molecular weight is 384 g/mol. The van der Waals surface area contributed by atoms with Crippen LogP contribution in [0, 0.1) is 5.82 Å². The molecule has 7 heteroatoms. The van der Waals surface area contributed by atoms with Gasteiger partial charge in [-0.15, -0.1) is 0 Å². The summed E-state index contributed by atoms with van der Waals surface area (Å²) >= 11 is 0. The van der Waals surface area contributed by atoms with Crippen molar-refractivity contribution in [3.05, 3.63) is 66.0 Å². The number of piperazine rings is 1. The van der Waals surface area contributed by atoms with Crippen molar-refractivity contribution in [1.82, 2.24) is 14.7 Å². The van der Waals surface area contributed by atoms with E-state index in [1.165, 1.54) is 12.1 Å². The lowest BCUT2D eigenvalue weighted by Gasteiger charge is -2.35. The highest BCUT2D eigenvalue weighted by Gasteiger charge is 2.24. The third kappa shape index (κ3) is 5.53. The Hall–Kier alpha value is -2.93. The molecule has 1 saturated heterocycles. The number of halogens is 1. The number of nitrogens with zero attached hydrogens (tertiary/aromatic N) is 3. The standard InChI is InChI=1S/C21H25FN4O2/c1-24(15-17-7-9-18(22)10-8-17)16-20(27)25-11-13-26(14-12-25)21(28)23-19-5-3-2-4-6-19/h2-10H,11-16H2,1H3,(H,23,28). The van der Waals surface area contributed by atoms with Crippen molar-refractivity contribution in [2.75, 3.05) is 45.1 Å². The summed E-state index contributed by atoms with van der Waals surface area (Å²) in [6, 6.07) is 15.5. The van der Waals surface area contributed by atoms with Crippen LogP contribution >= 0.6 is 0 Å². The Morgan fingerprint density at radius 3 is 2.21 bits per heavy atom. The van der Waals surface area contributed by atoms with Crippen molar-refractivity contribution in [3.63, 3.8) is 0 Å². The van der Waals surface area contributed by atoms with Gasteiger partial charge in [-0.2, -0.15) is 0 Å². The molecular formula is C21H25FN4O2. The van der Waals surface area contributed by atoms with Crippen molar-refractivity contribution >= 4 is 17.6 Å². The van der Waals surface area contributed by atoms with Crippen LogP contribution in [-0.2, 0) is 11.3 Å². The summed E-state index contributed by atoms with van der Waals surface area (Å²) in [6.07, 6.45) is 0. The fraction of sp³-hybridized carbons (Fsp3) is 0.333. The number of carbonyl (C=O) groups is 2. The molecule has 0 radical (unpaired) electrons. The number of hydrogen-bond acceptors (Lipinski definition) is 3. The maximum Gasteiger partial charge on any atom is 0.321 e. The van der Waals surface area contributed by atoms with Crippen molar-refractivity contribution in [1.29, 1.82) is 0 Å². The lowest BCUT2D eigenvalue weighted by molar-refractivity contribution is -0.133. The minimum Gasteiger partial charge on any atom is -0.338 e. The molecule has 148 valence electrons. The number of benzene rings is 2. The van der Waals surface area contributed by atoms with E-state index in [-0.39, 0.29) is 24.3 Å². The van der Waals surface area contributed by atoms with Gasteiger partial charge in [0.05, 0.1) is 6.54 Å². The molecule has 6 nitrogen and oxygen atoms in total. The molecule has 3 amide bonds. The Morgan fingerprint density at radius 1 is 0.964 bits per heavy atom. The van der Waals surface area contributed by atoms with Crippen LogP contribution in [0.5, 0.6) is 0 Å². The minimum absolute atomic E-state index is 0.0349. The summed E-state index contributed by atoms with van der Waals surface area (Å²) in [4.78, 5) is 30.3. The van der Waals surface area contributed by atoms with Crippen molar-refractivity contribution in [2.45, 2.75) is 6.54 Å². The predicted molar refractivity (Wildman–Crippen MR) is 106 cm³/mol. The van der Waals surface area contributed by atoms with Gasteiger partial charge in [-0.05, 0) is 36.9 Å². The summed E-state index contributed by atoms with van der Waals surface area (Å²) in [5.74, 6) is -0.232. The maximum atomic E-state index is 13.0. The number of carbonyl (C=O) groups excluding carboxylic acids is 2. The number of amides is 3. The highest BCUT2D eigenvalue weighted by Crippen LogP contribution is 2.10. The molecule has 1 heterocycles. The zero-order chi connectivity index (χ0) is 19.9. The van der Waals surface area contributed by atoms with E-state index in [0.717, 1.165) is 11.3 Å². The molecule has 0 aliphatic carbocycles. The highest BCUT2D eigenvalue weighted by molar-refractivity contribution is 5.89. The molecule has 1 N–H and O–H groups in total. The molecule has 1 aliphatic heterocycles. The summed E-state index contributed by atoms with van der Waals surface area (Å²) < 4.78 is 13.0. The van der Waals surface area contributed by atoms with E-state index in [1.807, 2.05) is 42.3 Å². The Labute approximate surface area is 164 Å². The van der Waals surface area contributed by atoms with Crippen LogP contribution in [0.3, 0.4) is 0 Å². The summed E-state index contributed by atoms with van der Waals surface area (Å²) in [7, 11) is 1.87. The fourth-order valence-electron chi connectivity index (χ4n) is 3.17. The third-order valence-electron chi connectivity index (χ3n) is 4.72. The second kappa shape index (κ2) is 9.32. The molecule has 0 unspecified atom stereocenters. The molecule has 2 aromatic rings. The van der Waals surface area contributed by atoms with Gasteiger partial charge in [0.1, 0.15) is 5.82 Å². The van der Waals surface area contributed by atoms with E-state index >= 15 is 0 Å². The van der Waals surface area contributed by atoms with Crippen LogP contribution in [0.1, 0.15) is 5.56 Å². The van der Waals surface area contributed by atoms with Gasteiger partial charge < -0.3 is 15.1 Å². The van der Waals surface area contributed by atoms with Crippen molar-refractivity contribution in [3.8, 4) is 0 Å². The number of rotatable bonds is 5. The average Bonchev–Trinajstić information content (AvgIpc) is 2.70. The van der Waals surface area contributed by atoms with Crippen LogP contribution in [-0.4, -0.2) is 66.4 Å². The molecule has 0 spiro atoms. The Morgan fingerprint density at radius 2 is 1.57 bits per heavy atom. The Bertz CT molecular complexity index is 790. The molecule has 0 atom stereocenters. The van der Waals surface area contributed by atoms with E-state index in [4.69, 9.17) is 0 Å². The SMILES string of the molecule is CN(CC(=O)N1CCN(C(=O)Nc2ccccc2)CC1)Cc1ccc(F)cc1. The second-order valence-corrected chi connectivity index (χ2v) is 6.96. The van der Waals surface area contributed by atoms with E-state index < -0.39 is 0 Å². The van der Waals surface area contributed by atoms with Crippen LogP contribution in [0.2, 0.25) is 0 Å². The van der Waals surface area contributed by atoms with Gasteiger partial charge in [0, 0.05) is 38.4 Å². The molecule has 28 heavy (non-hydrogen) atoms. The number of hydrogen-bond donors (Lipinski definition) is 1. The number of anilines is 1. The molecular weight excluding hydrogens is 359 g/mol. The molecule has 2 aromatic carbocycles. The summed E-state index contributed by atoms with van der Waals surface area (Å²) in [5, 5.41) is 2.87. The molecule has 0 bridgehead atoms. The Kier molecular flexibility index (Phi) is 6.60. The van der Waals surface area contributed by atoms with Crippen LogP contribution in [0.4, 0.5) is 14.9 Å². The van der Waals surface area contributed by atoms with Gasteiger partial charge >= 0.3 is 6.03 Å². The third-order valence-corrected chi connectivity index (χ3v) is 4.72. The highest BCUT2D eigenvalue weighted by atomic mass is 19.1. The largest absolute Gasteiger partial charge is 0.338 e. The molecule has 1 fully saturated rings. The fourth-order valence-corrected chi connectivity index (χ4v) is 3.17. The molecule has 3 rings (SSSR count). The minimum atomic E-state index is -0.267. The Balaban J connectivity index is 1.43. The number of nitrogens with one attached hydrogen (secondary N) is 1. The van der Waals surface area contributed by atoms with E-state index in [0.29, 0.717) is 32.7 Å². The molecule has 1 aliphatic rings. The second-order valence-electron chi connectivity index (χ2n) is 6.96. The molecule has 0 aromatic heterocycles. The monoisotopic (exact) mass is 384 g/mol. The van der Waals surface area contributed by atoms with Gasteiger partial charge in [0.25, 0.3) is 0 Å². The van der Waals surface area contributed by atoms with Crippen molar-refractivity contribution in [2.24, 2.45) is 0 Å². The maximum absolute atomic E-state index is 13.0. The van der Waals surface area contributed by atoms with Crippen LogP contribution < -0.4 is 5.32 Å². The van der Waals surface area contributed by atoms with E-state index in [9.17, 15) is 14.0 Å². The molecule has 0 saturated carbocycles. The van der Waals surface area contributed by atoms with E-state index in [2.05, 4.69) is 5.32 Å². The summed E-state index contributed by atoms with van der Waals surface area (Å²) in [6.45, 7) is 2.91. The lowest BCUT2D eigenvalue weighted by atomic mass is 10.2. The van der Waals surface area contributed by atoms with Gasteiger partial charge in [0.2, 0.25) is 5.91 Å². The van der Waals surface area contributed by atoms with Crippen LogP contribution in [0.25, 0.3) is 0 Å². The van der Waals surface area contributed by atoms with Crippen LogP contribution in [0.15, 0.2) is 54.6 Å².